The maximum absolute atomic E-state index is 4.46. The van der Waals surface area contributed by atoms with E-state index in [1.165, 1.54) is 0 Å². The second kappa shape index (κ2) is 4.95. The van der Waals surface area contributed by atoms with E-state index >= 15 is 0 Å². The van der Waals surface area contributed by atoms with Gasteiger partial charge < -0.3 is 0 Å². The Morgan fingerprint density at radius 1 is 1.57 bits per heavy atom. The molecule has 0 amide bonds. The van der Waals surface area contributed by atoms with Crippen molar-refractivity contribution >= 4 is 11.7 Å². The monoisotopic (exact) mass is 197 g/mol. The normalized spacial score (nSPS) is 20.8. The zero-order chi connectivity index (χ0) is 10.6. The molecule has 0 aromatic carbocycles. The minimum Gasteiger partial charge on any atom is -0.288 e. The molecule has 80 valence electrons. The van der Waals surface area contributed by atoms with Crippen LogP contribution in [0.25, 0.3) is 0 Å². The second-order valence-electron chi connectivity index (χ2n) is 3.84. The molecule has 0 aromatic rings. The Morgan fingerprint density at radius 3 is 2.86 bits per heavy atom. The number of hydrazone groups is 1. The summed E-state index contributed by atoms with van der Waals surface area (Å²) in [5.41, 5.74) is 7.04. The van der Waals surface area contributed by atoms with Gasteiger partial charge in [-0.15, -0.1) is 0 Å². The third-order valence-corrected chi connectivity index (χ3v) is 1.88. The van der Waals surface area contributed by atoms with Gasteiger partial charge in [-0.3, -0.25) is 10.4 Å². The Hall–Kier alpha value is -1.10. The van der Waals surface area contributed by atoms with Crippen molar-refractivity contribution in [1.82, 2.24) is 15.9 Å². The molecule has 1 saturated heterocycles. The summed E-state index contributed by atoms with van der Waals surface area (Å²) in [5, 5.41) is 6.29. The first-order valence-corrected chi connectivity index (χ1v) is 4.90. The SMILES string of the molecule is CN=C1NNCN1N=C(C)CC(C)C. The average molecular weight is 197 g/mol. The number of nitrogens with one attached hydrogen (secondary N) is 2. The summed E-state index contributed by atoms with van der Waals surface area (Å²) in [4.78, 5) is 4.06. The van der Waals surface area contributed by atoms with Crippen molar-refractivity contribution in [3.05, 3.63) is 0 Å². The Balaban J connectivity index is 2.57. The highest BCUT2D eigenvalue weighted by Gasteiger charge is 2.15. The first kappa shape index (κ1) is 11.0. The lowest BCUT2D eigenvalue weighted by Gasteiger charge is -2.11. The molecule has 0 unspecified atom stereocenters. The van der Waals surface area contributed by atoms with E-state index in [0.717, 1.165) is 18.1 Å². The van der Waals surface area contributed by atoms with Crippen LogP contribution < -0.4 is 10.9 Å². The number of hydrogen-bond donors (Lipinski definition) is 2. The maximum Gasteiger partial charge on any atom is 0.230 e. The van der Waals surface area contributed by atoms with Crippen LogP contribution in [0.4, 0.5) is 0 Å². The molecule has 0 atom stereocenters. The van der Waals surface area contributed by atoms with Crippen molar-refractivity contribution in [3.8, 4) is 0 Å². The van der Waals surface area contributed by atoms with Gasteiger partial charge in [0.15, 0.2) is 0 Å². The molecule has 0 bridgehead atoms. The topological polar surface area (TPSA) is 52.0 Å². The minimum absolute atomic E-state index is 0.643. The van der Waals surface area contributed by atoms with Gasteiger partial charge in [-0.1, -0.05) is 13.8 Å². The summed E-state index contributed by atoms with van der Waals surface area (Å²) in [5.74, 6) is 1.41. The van der Waals surface area contributed by atoms with E-state index in [4.69, 9.17) is 0 Å². The lowest BCUT2D eigenvalue weighted by Crippen LogP contribution is -2.28. The van der Waals surface area contributed by atoms with Crippen LogP contribution in [-0.2, 0) is 0 Å². The quantitative estimate of drug-likeness (QED) is 0.657. The van der Waals surface area contributed by atoms with E-state index in [1.807, 2.05) is 11.9 Å². The molecule has 0 spiro atoms. The Morgan fingerprint density at radius 2 is 2.29 bits per heavy atom. The molecule has 1 aliphatic heterocycles. The van der Waals surface area contributed by atoms with Gasteiger partial charge in [0.25, 0.3) is 0 Å². The van der Waals surface area contributed by atoms with Gasteiger partial charge in [-0.05, 0) is 19.3 Å². The first-order chi connectivity index (χ1) is 6.63. The van der Waals surface area contributed by atoms with Crippen LogP contribution in [0.2, 0.25) is 0 Å². The highest BCUT2D eigenvalue weighted by Crippen LogP contribution is 2.03. The number of aliphatic imine (C=N–C) groups is 1. The molecule has 5 nitrogen and oxygen atoms in total. The van der Waals surface area contributed by atoms with Gasteiger partial charge in [0.05, 0.1) is 0 Å². The summed E-state index contributed by atoms with van der Waals surface area (Å²) in [6, 6.07) is 0. The van der Waals surface area contributed by atoms with Crippen LogP contribution >= 0.6 is 0 Å². The summed E-state index contributed by atoms with van der Waals surface area (Å²) in [6.07, 6.45) is 1.02. The average Bonchev–Trinajstić information content (AvgIpc) is 2.50. The van der Waals surface area contributed by atoms with Crippen molar-refractivity contribution < 1.29 is 0 Å². The van der Waals surface area contributed by atoms with Crippen LogP contribution in [0.5, 0.6) is 0 Å². The highest BCUT2D eigenvalue weighted by molar-refractivity contribution is 5.86. The van der Waals surface area contributed by atoms with Crippen molar-refractivity contribution in [1.29, 1.82) is 0 Å². The number of guanidine groups is 1. The molecule has 0 aromatic heterocycles. The number of hydrogen-bond acceptors (Lipinski definition) is 3. The van der Waals surface area contributed by atoms with Gasteiger partial charge in [-0.2, -0.15) is 5.10 Å². The summed E-state index contributed by atoms with van der Waals surface area (Å²) in [6.45, 7) is 7.09. The van der Waals surface area contributed by atoms with E-state index in [0.29, 0.717) is 12.6 Å². The van der Waals surface area contributed by atoms with Gasteiger partial charge in [0, 0.05) is 12.8 Å². The lowest BCUT2D eigenvalue weighted by atomic mass is 10.1. The van der Waals surface area contributed by atoms with Crippen LogP contribution in [0.15, 0.2) is 10.1 Å². The van der Waals surface area contributed by atoms with Crippen molar-refractivity contribution in [3.63, 3.8) is 0 Å². The molecule has 0 saturated carbocycles. The molecule has 0 radical (unpaired) electrons. The summed E-state index contributed by atoms with van der Waals surface area (Å²) < 4.78 is 0. The predicted octanol–water partition coefficient (Wildman–Crippen LogP) is 0.761. The van der Waals surface area contributed by atoms with Gasteiger partial charge >= 0.3 is 0 Å². The van der Waals surface area contributed by atoms with E-state index in [2.05, 4.69) is 34.8 Å². The van der Waals surface area contributed by atoms with Crippen molar-refractivity contribution in [2.24, 2.45) is 16.0 Å². The summed E-state index contributed by atoms with van der Waals surface area (Å²) in [7, 11) is 1.75. The van der Waals surface area contributed by atoms with E-state index < -0.39 is 0 Å². The van der Waals surface area contributed by atoms with Crippen molar-refractivity contribution in [2.75, 3.05) is 13.7 Å². The number of rotatable bonds is 3. The smallest absolute Gasteiger partial charge is 0.230 e. The van der Waals surface area contributed by atoms with Crippen molar-refractivity contribution in [2.45, 2.75) is 27.2 Å². The zero-order valence-corrected chi connectivity index (χ0v) is 9.33. The molecule has 1 rings (SSSR count). The fourth-order valence-electron chi connectivity index (χ4n) is 1.42. The van der Waals surface area contributed by atoms with Gasteiger partial charge in [0.2, 0.25) is 5.96 Å². The molecular formula is C9H19N5. The molecule has 1 aliphatic rings. The molecular weight excluding hydrogens is 178 g/mol. The fraction of sp³-hybridized carbons (Fsp3) is 0.778. The van der Waals surface area contributed by atoms with Crippen LogP contribution in [0.3, 0.4) is 0 Å². The van der Waals surface area contributed by atoms with Crippen LogP contribution in [0.1, 0.15) is 27.2 Å². The molecule has 5 heteroatoms. The molecule has 0 aliphatic carbocycles. The van der Waals surface area contributed by atoms with Gasteiger partial charge in [0.1, 0.15) is 6.67 Å². The fourth-order valence-corrected chi connectivity index (χ4v) is 1.42. The molecule has 1 heterocycles. The van der Waals surface area contributed by atoms with E-state index in [9.17, 15) is 0 Å². The van der Waals surface area contributed by atoms with E-state index in [-0.39, 0.29) is 0 Å². The third kappa shape index (κ3) is 2.99. The minimum atomic E-state index is 0.643. The standard InChI is InChI=1S/C9H19N5/c1-7(2)5-8(3)13-14-6-11-12-9(14)10-4/h7,11H,5-6H2,1-4H3,(H,10,12). The number of nitrogens with zero attached hydrogens (tertiary/aromatic N) is 3. The molecule has 14 heavy (non-hydrogen) atoms. The maximum atomic E-state index is 4.46. The Kier molecular flexibility index (Phi) is 3.88. The Bertz CT molecular complexity index is 244. The second-order valence-corrected chi connectivity index (χ2v) is 3.84. The van der Waals surface area contributed by atoms with Gasteiger partial charge in [-0.25, -0.2) is 10.4 Å². The predicted molar refractivity (Wildman–Crippen MR) is 58.9 cm³/mol. The largest absolute Gasteiger partial charge is 0.288 e. The molecule has 2 N–H and O–H groups in total. The van der Waals surface area contributed by atoms with Crippen LogP contribution in [0, 0.1) is 5.92 Å². The highest BCUT2D eigenvalue weighted by atomic mass is 15.7. The molecule has 1 fully saturated rings. The number of hydrazine groups is 1. The third-order valence-electron chi connectivity index (χ3n) is 1.88. The Labute approximate surface area is 85.2 Å². The first-order valence-electron chi connectivity index (χ1n) is 4.90. The summed E-state index contributed by atoms with van der Waals surface area (Å²) >= 11 is 0. The van der Waals surface area contributed by atoms with E-state index in [1.54, 1.807) is 7.05 Å². The zero-order valence-electron chi connectivity index (χ0n) is 9.33. The van der Waals surface area contributed by atoms with Crippen LogP contribution in [-0.4, -0.2) is 30.4 Å². The lowest BCUT2D eigenvalue weighted by molar-refractivity contribution is 0.455.